The normalized spacial score (nSPS) is 35.6. The Kier molecular flexibility index (Phi) is 3.99. The minimum Gasteiger partial charge on any atom is -0.431 e. The van der Waals surface area contributed by atoms with Gasteiger partial charge in [0.25, 0.3) is 0 Å². The van der Waals surface area contributed by atoms with E-state index in [1.807, 2.05) is 0 Å². The minimum absolute atomic E-state index is 0.0292. The van der Waals surface area contributed by atoms with E-state index in [-0.39, 0.29) is 17.0 Å². The lowest BCUT2D eigenvalue weighted by Gasteiger charge is -2.32. The second-order valence-corrected chi connectivity index (χ2v) is 9.97. The van der Waals surface area contributed by atoms with E-state index in [0.29, 0.717) is 18.0 Å². The molecule has 1 saturated heterocycles. The van der Waals surface area contributed by atoms with E-state index >= 15 is 0 Å². The number of aromatic nitrogens is 3. The van der Waals surface area contributed by atoms with Crippen LogP contribution >= 0.6 is 0 Å². The Morgan fingerprint density at radius 3 is 2.69 bits per heavy atom. The lowest BCUT2D eigenvalue weighted by molar-refractivity contribution is -0.0494. The molecule has 2 aromatic rings. The maximum absolute atomic E-state index is 12.8. The summed E-state index contributed by atoms with van der Waals surface area (Å²) in [7, 11) is 0. The monoisotopic (exact) mass is 443 g/mol. The summed E-state index contributed by atoms with van der Waals surface area (Å²) in [5.41, 5.74) is 8.85. The second kappa shape index (κ2) is 6.63. The number of fused-ring (bicyclic) bond motifs is 1. The summed E-state index contributed by atoms with van der Waals surface area (Å²) in [4.78, 5) is 6.75. The molecule has 170 valence electrons. The van der Waals surface area contributed by atoms with Gasteiger partial charge in [-0.05, 0) is 55.6 Å². The van der Waals surface area contributed by atoms with E-state index in [4.69, 9.17) is 15.6 Å². The molecule has 2 unspecified atom stereocenters. The molecule has 8 rings (SSSR count). The molecule has 6 fully saturated rings. The maximum atomic E-state index is 12.8. The van der Waals surface area contributed by atoms with Crippen LogP contribution < -0.4 is 10.5 Å². The van der Waals surface area contributed by atoms with Crippen LogP contribution in [0.3, 0.4) is 0 Å². The molecule has 5 aliphatic carbocycles. The van der Waals surface area contributed by atoms with Crippen molar-refractivity contribution in [3.05, 3.63) is 24.0 Å². The summed E-state index contributed by atoms with van der Waals surface area (Å²) in [6.07, 6.45) is 6.28. The number of hydrogen-bond donors (Lipinski definition) is 1. The third-order valence-electron chi connectivity index (χ3n) is 8.74. The van der Waals surface area contributed by atoms with Crippen molar-refractivity contribution in [1.29, 1.82) is 0 Å². The van der Waals surface area contributed by atoms with Crippen LogP contribution in [-0.4, -0.2) is 58.6 Å². The summed E-state index contributed by atoms with van der Waals surface area (Å²) in [6.45, 7) is 0.787. The summed E-state index contributed by atoms with van der Waals surface area (Å²) < 4.78 is 37.9. The first-order valence-corrected chi connectivity index (χ1v) is 11.7. The Bertz CT molecular complexity index is 1060. The number of nitrogens with two attached hydrogens (primary N) is 1. The molecule has 0 radical (unpaired) electrons. The molecule has 5 saturated carbocycles. The summed E-state index contributed by atoms with van der Waals surface area (Å²) >= 11 is 0. The molecule has 2 aromatic heterocycles. The van der Waals surface area contributed by atoms with Crippen molar-refractivity contribution in [2.45, 2.75) is 49.8 Å². The number of halogens is 2. The first-order valence-electron chi connectivity index (χ1n) is 11.7. The molecule has 2 bridgehead atoms. The third-order valence-corrected chi connectivity index (χ3v) is 8.74. The standard InChI is InChI=1S/C23H27F2N5O2/c24-22(25)32-17-8-12(11-27-21(17)26)15-10-18(28-30(15)13-2-1-3-13)23-14-9-16(20(23)19(14)23)29-4-6-31-7-5-29/h8,10-11,13-14,16,19-20,22H,1-7,9H2,(H2,26,27)/t14-,16?,19-,20?,23-/m1/s1. The van der Waals surface area contributed by atoms with Crippen LogP contribution in [0.25, 0.3) is 11.3 Å². The van der Waals surface area contributed by atoms with Gasteiger partial charge >= 0.3 is 6.61 Å². The van der Waals surface area contributed by atoms with Gasteiger partial charge in [-0.2, -0.15) is 13.9 Å². The number of nitrogens with zero attached hydrogens (tertiary/aromatic N) is 4. The average Bonchev–Trinajstić information content (AvgIpc) is 3.32. The van der Waals surface area contributed by atoms with Crippen LogP contribution in [0.5, 0.6) is 5.75 Å². The number of rotatable bonds is 6. The Morgan fingerprint density at radius 1 is 1.19 bits per heavy atom. The zero-order valence-corrected chi connectivity index (χ0v) is 17.8. The van der Waals surface area contributed by atoms with Gasteiger partial charge in [0.05, 0.1) is 30.6 Å². The quantitative estimate of drug-likeness (QED) is 0.739. The van der Waals surface area contributed by atoms with Crippen molar-refractivity contribution in [2.75, 3.05) is 32.0 Å². The zero-order valence-electron chi connectivity index (χ0n) is 17.8. The fraction of sp³-hybridized carbons (Fsp3) is 0.652. The smallest absolute Gasteiger partial charge is 0.387 e. The fourth-order valence-corrected chi connectivity index (χ4v) is 6.99. The minimum atomic E-state index is -2.94. The van der Waals surface area contributed by atoms with Gasteiger partial charge in [-0.1, -0.05) is 0 Å². The molecule has 3 heterocycles. The Morgan fingerprint density at radius 2 is 2.00 bits per heavy atom. The zero-order chi connectivity index (χ0) is 21.6. The maximum Gasteiger partial charge on any atom is 0.387 e. The predicted octanol–water partition coefficient (Wildman–Crippen LogP) is 3.07. The van der Waals surface area contributed by atoms with Gasteiger partial charge in [0.15, 0.2) is 11.6 Å². The van der Waals surface area contributed by atoms with Gasteiger partial charge in [0.2, 0.25) is 0 Å². The topological polar surface area (TPSA) is 78.4 Å². The van der Waals surface area contributed by atoms with Gasteiger partial charge < -0.3 is 15.2 Å². The molecule has 5 atom stereocenters. The van der Waals surface area contributed by atoms with Gasteiger partial charge in [-0.25, -0.2) is 4.98 Å². The van der Waals surface area contributed by atoms with Gasteiger partial charge in [0.1, 0.15) is 0 Å². The molecule has 0 spiro atoms. The molecular weight excluding hydrogens is 416 g/mol. The molecule has 9 heteroatoms. The number of hydrogen-bond acceptors (Lipinski definition) is 6. The van der Waals surface area contributed by atoms with E-state index in [1.165, 1.54) is 18.5 Å². The molecular formula is C23H27F2N5O2. The van der Waals surface area contributed by atoms with E-state index in [1.54, 1.807) is 12.3 Å². The van der Waals surface area contributed by atoms with Crippen LogP contribution in [0.4, 0.5) is 14.6 Å². The first kappa shape index (κ1) is 19.2. The van der Waals surface area contributed by atoms with E-state index in [9.17, 15) is 8.78 Å². The summed E-state index contributed by atoms with van der Waals surface area (Å²) in [5, 5.41) is 5.14. The average molecular weight is 443 g/mol. The highest BCUT2D eigenvalue weighted by molar-refractivity contribution is 5.67. The molecule has 1 aliphatic heterocycles. The number of anilines is 1. The van der Waals surface area contributed by atoms with Crippen molar-refractivity contribution in [1.82, 2.24) is 19.7 Å². The van der Waals surface area contributed by atoms with Crippen LogP contribution in [0.2, 0.25) is 0 Å². The van der Waals surface area contributed by atoms with Crippen LogP contribution in [0.15, 0.2) is 18.3 Å². The Balaban J connectivity index is 1.22. The van der Waals surface area contributed by atoms with Crippen LogP contribution in [-0.2, 0) is 10.2 Å². The summed E-state index contributed by atoms with van der Waals surface area (Å²) in [6, 6.07) is 4.77. The summed E-state index contributed by atoms with van der Waals surface area (Å²) in [5.74, 6) is 2.08. The van der Waals surface area contributed by atoms with Crippen molar-refractivity contribution in [2.24, 2.45) is 17.8 Å². The van der Waals surface area contributed by atoms with Crippen molar-refractivity contribution in [3.8, 4) is 17.0 Å². The van der Waals surface area contributed by atoms with Crippen molar-refractivity contribution in [3.63, 3.8) is 0 Å². The number of pyridine rings is 1. The van der Waals surface area contributed by atoms with Crippen molar-refractivity contribution >= 4 is 5.82 Å². The predicted molar refractivity (Wildman–Crippen MR) is 112 cm³/mol. The van der Waals surface area contributed by atoms with Gasteiger partial charge in [0, 0.05) is 36.3 Å². The molecule has 0 aromatic carbocycles. The number of nitrogen functional groups attached to an aromatic ring is 1. The molecule has 0 amide bonds. The highest BCUT2D eigenvalue weighted by Gasteiger charge is 2.93. The van der Waals surface area contributed by atoms with E-state index in [0.717, 1.165) is 62.2 Å². The van der Waals surface area contributed by atoms with Crippen molar-refractivity contribution < 1.29 is 18.3 Å². The third kappa shape index (κ3) is 2.52. The fourth-order valence-electron chi connectivity index (χ4n) is 6.99. The lowest BCUT2D eigenvalue weighted by atomic mass is 9.93. The largest absolute Gasteiger partial charge is 0.431 e. The van der Waals surface area contributed by atoms with Gasteiger partial charge in [-0.15, -0.1) is 0 Å². The Labute approximate surface area is 184 Å². The molecule has 7 nitrogen and oxygen atoms in total. The van der Waals surface area contributed by atoms with Crippen LogP contribution in [0.1, 0.15) is 37.4 Å². The SMILES string of the molecule is Nc1ncc(-c2cc([C@]34C5C(N6CCOCC6)C[C@@H]3[C@H]54)nn2C2CCC2)cc1OC(F)F. The van der Waals surface area contributed by atoms with E-state index < -0.39 is 6.61 Å². The van der Waals surface area contributed by atoms with E-state index in [2.05, 4.69) is 25.4 Å². The van der Waals surface area contributed by atoms with Crippen LogP contribution in [0, 0.1) is 17.8 Å². The van der Waals surface area contributed by atoms with Gasteiger partial charge in [-0.3, -0.25) is 9.58 Å². The number of ether oxygens (including phenoxy) is 2. The second-order valence-electron chi connectivity index (χ2n) is 9.97. The molecule has 6 aliphatic rings. The number of alkyl halides is 2. The highest BCUT2D eigenvalue weighted by Crippen LogP contribution is 2.91. The number of morpholine rings is 1. The molecule has 32 heavy (non-hydrogen) atoms. The Hall–Kier alpha value is -2.26. The lowest BCUT2D eigenvalue weighted by Crippen LogP contribution is -2.43. The highest BCUT2D eigenvalue weighted by atomic mass is 19.3. The molecule has 2 N–H and O–H groups in total. The first-order chi connectivity index (χ1) is 15.6.